The Labute approximate surface area is 166 Å². The minimum absolute atomic E-state index is 0.00894. The van der Waals surface area contributed by atoms with Gasteiger partial charge in [0.05, 0.1) is 30.0 Å². The lowest BCUT2D eigenvalue weighted by Gasteiger charge is -2.69. The number of hydrogen-bond donors (Lipinski definition) is 0. The van der Waals surface area contributed by atoms with E-state index in [9.17, 15) is 13.6 Å². The number of hydrazone groups is 1. The number of halogens is 2. The standard InChI is InChI=1S/C21H20F2N4O2/c1-13-7-24-8-18(26-13)29-12-20-9-21(10-20,11-20)19(28)27-17(2-3-25-27)14-4-15(22)6-16(23)5-14/h3-8,17H,2,9-12H2,1H3. The molecule has 1 aromatic heterocycles. The molecule has 8 heteroatoms. The van der Waals surface area contributed by atoms with Crippen LogP contribution in [-0.2, 0) is 4.79 Å². The number of benzene rings is 1. The highest BCUT2D eigenvalue weighted by Crippen LogP contribution is 2.74. The van der Waals surface area contributed by atoms with Crippen molar-refractivity contribution < 1.29 is 18.3 Å². The van der Waals surface area contributed by atoms with Gasteiger partial charge in [-0.15, -0.1) is 0 Å². The zero-order valence-corrected chi connectivity index (χ0v) is 15.9. The van der Waals surface area contributed by atoms with E-state index in [2.05, 4.69) is 15.1 Å². The molecular weight excluding hydrogens is 378 g/mol. The van der Waals surface area contributed by atoms with E-state index in [1.54, 1.807) is 18.6 Å². The molecule has 2 aromatic rings. The highest BCUT2D eigenvalue weighted by molar-refractivity contribution is 5.88. The van der Waals surface area contributed by atoms with E-state index in [0.29, 0.717) is 24.5 Å². The van der Waals surface area contributed by atoms with Crippen LogP contribution in [0.4, 0.5) is 8.78 Å². The molecule has 29 heavy (non-hydrogen) atoms. The van der Waals surface area contributed by atoms with Gasteiger partial charge < -0.3 is 4.74 Å². The average molecular weight is 398 g/mol. The van der Waals surface area contributed by atoms with Gasteiger partial charge in [-0.05, 0) is 43.9 Å². The first-order valence-corrected chi connectivity index (χ1v) is 9.62. The highest BCUT2D eigenvalue weighted by Gasteiger charge is 2.73. The predicted octanol–water partition coefficient (Wildman–Crippen LogP) is 3.57. The van der Waals surface area contributed by atoms with Crippen LogP contribution in [0.25, 0.3) is 0 Å². The van der Waals surface area contributed by atoms with Crippen LogP contribution in [0.2, 0.25) is 0 Å². The van der Waals surface area contributed by atoms with Crippen LogP contribution in [0.1, 0.15) is 43.0 Å². The quantitative estimate of drug-likeness (QED) is 0.772. The Bertz CT molecular complexity index is 985. The van der Waals surface area contributed by atoms with Crippen LogP contribution in [0.3, 0.4) is 0 Å². The molecule has 0 radical (unpaired) electrons. The first-order chi connectivity index (χ1) is 13.9. The SMILES string of the molecule is Cc1cncc(OCC23CC(C(=O)N4N=CCC4c4cc(F)cc(F)c4)(C2)C3)n1. The fourth-order valence-corrected chi connectivity index (χ4v) is 5.01. The molecule has 0 N–H and O–H groups in total. The Morgan fingerprint density at radius 3 is 2.62 bits per heavy atom. The molecule has 6 nitrogen and oxygen atoms in total. The summed E-state index contributed by atoms with van der Waals surface area (Å²) in [5, 5.41) is 5.62. The number of aryl methyl sites for hydroxylation is 1. The molecule has 150 valence electrons. The molecule has 3 saturated carbocycles. The summed E-state index contributed by atoms with van der Waals surface area (Å²) in [5.74, 6) is -0.883. The van der Waals surface area contributed by atoms with Crippen molar-refractivity contribution in [2.45, 2.75) is 38.6 Å². The summed E-state index contributed by atoms with van der Waals surface area (Å²) in [7, 11) is 0. The van der Waals surface area contributed by atoms with Gasteiger partial charge in [0.1, 0.15) is 11.6 Å². The van der Waals surface area contributed by atoms with Crippen molar-refractivity contribution >= 4 is 12.1 Å². The van der Waals surface area contributed by atoms with Crippen LogP contribution in [-0.4, -0.2) is 33.7 Å². The third-order valence-corrected chi connectivity index (χ3v) is 6.16. The minimum Gasteiger partial charge on any atom is -0.476 e. The first kappa shape index (κ1) is 18.1. The second kappa shape index (κ2) is 6.30. The molecular formula is C21H20F2N4O2. The number of carbonyl (C=O) groups excluding carboxylic acids is 1. The fraction of sp³-hybridized carbons (Fsp3) is 0.429. The summed E-state index contributed by atoms with van der Waals surface area (Å²) >= 11 is 0. The number of hydrogen-bond acceptors (Lipinski definition) is 5. The third-order valence-electron chi connectivity index (χ3n) is 6.16. The summed E-state index contributed by atoms with van der Waals surface area (Å²) in [6.07, 6.45) is 7.52. The average Bonchev–Trinajstić information content (AvgIpc) is 3.08. The molecule has 1 aliphatic heterocycles. The van der Waals surface area contributed by atoms with Crippen molar-refractivity contribution in [3.05, 3.63) is 53.5 Å². The second-order valence-electron chi connectivity index (χ2n) is 8.50. The van der Waals surface area contributed by atoms with Crippen molar-refractivity contribution in [1.82, 2.24) is 15.0 Å². The van der Waals surface area contributed by atoms with E-state index >= 15 is 0 Å². The largest absolute Gasteiger partial charge is 0.476 e. The predicted molar refractivity (Wildman–Crippen MR) is 100 cm³/mol. The molecule has 1 aromatic carbocycles. The Morgan fingerprint density at radius 2 is 1.93 bits per heavy atom. The van der Waals surface area contributed by atoms with E-state index in [1.807, 2.05) is 6.92 Å². The zero-order valence-electron chi connectivity index (χ0n) is 15.9. The Hall–Kier alpha value is -2.90. The maximum atomic E-state index is 13.6. The summed E-state index contributed by atoms with van der Waals surface area (Å²) in [4.78, 5) is 21.5. The van der Waals surface area contributed by atoms with Gasteiger partial charge in [0.15, 0.2) is 0 Å². The number of rotatable bonds is 5. The van der Waals surface area contributed by atoms with Gasteiger partial charge in [-0.25, -0.2) is 18.8 Å². The van der Waals surface area contributed by atoms with Crippen molar-refractivity contribution in [3.8, 4) is 5.88 Å². The van der Waals surface area contributed by atoms with E-state index < -0.39 is 23.1 Å². The minimum atomic E-state index is -0.653. The van der Waals surface area contributed by atoms with Gasteiger partial charge in [0.25, 0.3) is 0 Å². The highest BCUT2D eigenvalue weighted by atomic mass is 19.1. The zero-order chi connectivity index (χ0) is 20.2. The van der Waals surface area contributed by atoms with Crippen molar-refractivity contribution in [3.63, 3.8) is 0 Å². The molecule has 6 rings (SSSR count). The van der Waals surface area contributed by atoms with Crippen LogP contribution in [0.5, 0.6) is 5.88 Å². The van der Waals surface area contributed by atoms with Crippen molar-refractivity contribution in [2.24, 2.45) is 15.9 Å². The maximum absolute atomic E-state index is 13.6. The van der Waals surface area contributed by atoms with Gasteiger partial charge in [0, 0.05) is 30.3 Å². The van der Waals surface area contributed by atoms with Gasteiger partial charge >= 0.3 is 0 Å². The van der Waals surface area contributed by atoms with Crippen LogP contribution in [0.15, 0.2) is 35.7 Å². The van der Waals surface area contributed by atoms with E-state index in [0.717, 1.165) is 31.0 Å². The van der Waals surface area contributed by atoms with E-state index in [1.165, 1.54) is 17.1 Å². The number of nitrogens with zero attached hydrogens (tertiary/aromatic N) is 4. The normalized spacial score (nSPS) is 29.3. The van der Waals surface area contributed by atoms with Crippen molar-refractivity contribution in [1.29, 1.82) is 0 Å². The van der Waals surface area contributed by atoms with Crippen LogP contribution < -0.4 is 4.74 Å². The molecule has 1 amide bonds. The smallest absolute Gasteiger partial charge is 0.249 e. The summed E-state index contributed by atoms with van der Waals surface area (Å²) in [6.45, 7) is 2.36. The Morgan fingerprint density at radius 1 is 1.21 bits per heavy atom. The molecule has 3 fully saturated rings. The monoisotopic (exact) mass is 398 g/mol. The molecule has 1 unspecified atom stereocenters. The van der Waals surface area contributed by atoms with Gasteiger partial charge in [0.2, 0.25) is 11.8 Å². The van der Waals surface area contributed by atoms with Crippen molar-refractivity contribution in [2.75, 3.05) is 6.61 Å². The molecule has 4 aliphatic rings. The lowest BCUT2D eigenvalue weighted by Crippen LogP contribution is -2.69. The van der Waals surface area contributed by atoms with Crippen LogP contribution in [0, 0.1) is 29.4 Å². The molecule has 1 atom stereocenters. The van der Waals surface area contributed by atoms with Gasteiger partial charge in [-0.1, -0.05) is 0 Å². The fourth-order valence-electron chi connectivity index (χ4n) is 5.01. The third kappa shape index (κ3) is 2.97. The maximum Gasteiger partial charge on any atom is 0.249 e. The molecule has 0 saturated heterocycles. The van der Waals surface area contributed by atoms with Gasteiger partial charge in [-0.3, -0.25) is 9.78 Å². The number of amides is 1. The summed E-state index contributed by atoms with van der Waals surface area (Å²) in [5.41, 5.74) is 0.771. The van der Waals surface area contributed by atoms with Crippen LogP contribution >= 0.6 is 0 Å². The lowest BCUT2D eigenvalue weighted by atomic mass is 9.35. The van der Waals surface area contributed by atoms with Gasteiger partial charge in [-0.2, -0.15) is 5.10 Å². The lowest BCUT2D eigenvalue weighted by molar-refractivity contribution is -0.227. The van der Waals surface area contributed by atoms with E-state index in [-0.39, 0.29) is 11.3 Å². The number of ether oxygens (including phenoxy) is 1. The Kier molecular flexibility index (Phi) is 3.94. The molecule has 2 bridgehead atoms. The topological polar surface area (TPSA) is 67.7 Å². The molecule has 2 heterocycles. The summed E-state index contributed by atoms with van der Waals surface area (Å²) < 4.78 is 33.0. The number of aromatic nitrogens is 2. The Balaban J connectivity index is 1.24. The molecule has 0 spiro atoms. The second-order valence-corrected chi connectivity index (χ2v) is 8.50. The first-order valence-electron chi connectivity index (χ1n) is 9.62. The van der Waals surface area contributed by atoms with E-state index in [4.69, 9.17) is 4.74 Å². The molecule has 3 aliphatic carbocycles. The summed E-state index contributed by atoms with van der Waals surface area (Å²) in [6, 6.07) is 2.90. The number of carbonyl (C=O) groups is 1.